The van der Waals surface area contributed by atoms with Crippen molar-refractivity contribution >= 4 is 23.3 Å². The van der Waals surface area contributed by atoms with Gasteiger partial charge >= 0.3 is 0 Å². The lowest BCUT2D eigenvalue weighted by atomic mass is 9.59. The van der Waals surface area contributed by atoms with E-state index in [-0.39, 0.29) is 37.0 Å². The molecule has 1 saturated carbocycles. The molecule has 0 radical (unpaired) electrons. The second-order valence-corrected chi connectivity index (χ2v) is 8.55. The van der Waals surface area contributed by atoms with E-state index >= 15 is 0 Å². The van der Waals surface area contributed by atoms with Crippen molar-refractivity contribution in [3.8, 4) is 16.8 Å². The number of carbonyl (C=O) groups excluding carboxylic acids is 2. The normalized spacial score (nSPS) is 17.6. The second kappa shape index (κ2) is 7.26. The predicted molar refractivity (Wildman–Crippen MR) is 120 cm³/mol. The molecule has 0 bridgehead atoms. The summed E-state index contributed by atoms with van der Waals surface area (Å²) in [7, 11) is 0. The molecule has 168 valence electrons. The topological polar surface area (TPSA) is 102 Å². The molecule has 1 aliphatic heterocycles. The Morgan fingerprint density at radius 3 is 2.73 bits per heavy atom. The molecular formula is C24H21F2N5O2. The van der Waals surface area contributed by atoms with Crippen LogP contribution in [0.5, 0.6) is 0 Å². The maximum absolute atomic E-state index is 13.8. The number of nitrogens with one attached hydrogen (secondary N) is 2. The lowest BCUT2D eigenvalue weighted by Crippen LogP contribution is -2.58. The number of hydrogen-bond acceptors (Lipinski definition) is 4. The fraction of sp³-hybridized carbons (Fsp3) is 0.208. The van der Waals surface area contributed by atoms with Gasteiger partial charge in [-0.25, -0.2) is 13.5 Å². The molecule has 9 heteroatoms. The zero-order valence-electron chi connectivity index (χ0n) is 17.6. The molecule has 0 atom stereocenters. The number of alkyl halides is 2. The first kappa shape index (κ1) is 20.9. The van der Waals surface area contributed by atoms with Crippen LogP contribution < -0.4 is 16.4 Å². The number of carbonyl (C=O) groups is 2. The monoisotopic (exact) mass is 449 g/mol. The molecule has 1 fully saturated rings. The Morgan fingerprint density at radius 2 is 2.00 bits per heavy atom. The zero-order chi connectivity index (χ0) is 23.4. The van der Waals surface area contributed by atoms with Crippen LogP contribution >= 0.6 is 0 Å². The first-order valence-corrected chi connectivity index (χ1v) is 10.4. The van der Waals surface area contributed by atoms with Gasteiger partial charge in [0.05, 0.1) is 5.69 Å². The quantitative estimate of drug-likeness (QED) is 0.529. The van der Waals surface area contributed by atoms with Crippen molar-refractivity contribution in [2.75, 3.05) is 17.6 Å². The maximum atomic E-state index is 13.8. The number of nitrogens with two attached hydrogens (primary N) is 1. The smallest absolute Gasteiger partial charge is 0.251 e. The molecule has 1 aliphatic carbocycles. The minimum absolute atomic E-state index is 0.190. The largest absolute Gasteiger partial charge is 0.382 e. The van der Waals surface area contributed by atoms with Crippen molar-refractivity contribution in [3.05, 3.63) is 72.4 Å². The number of hydrogen-bond donors (Lipinski definition) is 3. The number of nitrogens with zero attached hydrogens (tertiary/aromatic N) is 2. The fourth-order valence-electron chi connectivity index (χ4n) is 4.70. The summed E-state index contributed by atoms with van der Waals surface area (Å²) in [6, 6.07) is 12.2. The first-order chi connectivity index (χ1) is 15.7. The Labute approximate surface area is 188 Å². The van der Waals surface area contributed by atoms with E-state index in [0.29, 0.717) is 33.6 Å². The molecule has 0 unspecified atom stereocenters. The number of halogens is 2. The number of aromatic nitrogens is 2. The van der Waals surface area contributed by atoms with Crippen molar-refractivity contribution < 1.29 is 18.4 Å². The molecule has 2 heterocycles. The van der Waals surface area contributed by atoms with E-state index in [1.165, 1.54) is 6.08 Å². The Kier molecular flexibility index (Phi) is 4.59. The molecule has 1 aromatic heterocycles. The lowest BCUT2D eigenvalue weighted by molar-refractivity contribution is -0.126. The van der Waals surface area contributed by atoms with Gasteiger partial charge in [0.25, 0.3) is 5.91 Å². The number of benzene rings is 2. The van der Waals surface area contributed by atoms with Crippen LogP contribution in [0.1, 0.15) is 28.8 Å². The predicted octanol–water partition coefficient (Wildman–Crippen LogP) is 3.66. The third-order valence-corrected chi connectivity index (χ3v) is 6.23. The highest BCUT2D eigenvalue weighted by atomic mass is 19.3. The van der Waals surface area contributed by atoms with Gasteiger partial charge < -0.3 is 16.4 Å². The van der Waals surface area contributed by atoms with Gasteiger partial charge in [-0.05, 0) is 47.5 Å². The van der Waals surface area contributed by atoms with Crippen LogP contribution in [0.3, 0.4) is 0 Å². The van der Waals surface area contributed by atoms with Crippen molar-refractivity contribution in [2.45, 2.75) is 24.2 Å². The van der Waals surface area contributed by atoms with Gasteiger partial charge in [0.2, 0.25) is 11.8 Å². The van der Waals surface area contributed by atoms with E-state index < -0.39 is 11.3 Å². The van der Waals surface area contributed by atoms with Crippen LogP contribution in [0.15, 0.2) is 61.3 Å². The van der Waals surface area contributed by atoms with E-state index in [1.807, 2.05) is 6.07 Å². The van der Waals surface area contributed by atoms with Gasteiger partial charge in [-0.1, -0.05) is 18.7 Å². The molecule has 4 N–H and O–H groups in total. The van der Waals surface area contributed by atoms with Gasteiger partial charge in [0.15, 0.2) is 5.82 Å². The molecule has 0 saturated heterocycles. The summed E-state index contributed by atoms with van der Waals surface area (Å²) >= 11 is 0. The third kappa shape index (κ3) is 3.55. The summed E-state index contributed by atoms with van der Waals surface area (Å²) in [4.78, 5) is 23.9. The number of nitrogen functional groups attached to an aromatic ring is 1. The molecule has 7 nitrogen and oxygen atoms in total. The second-order valence-electron chi connectivity index (χ2n) is 8.55. The van der Waals surface area contributed by atoms with Crippen LogP contribution in [0.4, 0.5) is 20.3 Å². The van der Waals surface area contributed by atoms with Crippen molar-refractivity contribution in [3.63, 3.8) is 0 Å². The SMILES string of the molecule is C=CC(=O)Nc1cccc(-n2cc(-c3ccc4c(c3)C3(CNC4=O)CC(F)(F)C3)c(N)n2)c1. The van der Waals surface area contributed by atoms with E-state index in [4.69, 9.17) is 5.73 Å². The van der Waals surface area contributed by atoms with Gasteiger partial charge in [0.1, 0.15) is 0 Å². The summed E-state index contributed by atoms with van der Waals surface area (Å²) in [6.45, 7) is 3.63. The zero-order valence-corrected chi connectivity index (χ0v) is 17.6. The fourth-order valence-corrected chi connectivity index (χ4v) is 4.70. The minimum Gasteiger partial charge on any atom is -0.382 e. The van der Waals surface area contributed by atoms with Crippen LogP contribution in [0.2, 0.25) is 0 Å². The average molecular weight is 449 g/mol. The van der Waals surface area contributed by atoms with E-state index in [9.17, 15) is 18.4 Å². The van der Waals surface area contributed by atoms with Crippen molar-refractivity contribution in [1.29, 1.82) is 0 Å². The van der Waals surface area contributed by atoms with Crippen LogP contribution in [-0.4, -0.2) is 34.1 Å². The summed E-state index contributed by atoms with van der Waals surface area (Å²) in [6.07, 6.45) is 2.32. The molecular weight excluding hydrogens is 428 g/mol. The molecule has 2 aliphatic rings. The molecule has 2 aromatic carbocycles. The first-order valence-electron chi connectivity index (χ1n) is 10.4. The minimum atomic E-state index is -2.73. The third-order valence-electron chi connectivity index (χ3n) is 6.23. The summed E-state index contributed by atoms with van der Waals surface area (Å²) in [5.41, 5.74) is 9.01. The van der Waals surface area contributed by atoms with Crippen molar-refractivity contribution in [1.82, 2.24) is 15.1 Å². The Bertz CT molecular complexity index is 1310. The molecule has 3 aromatic rings. The van der Waals surface area contributed by atoms with Gasteiger partial charge in [-0.3, -0.25) is 9.59 Å². The number of amides is 2. The number of rotatable bonds is 4. The van der Waals surface area contributed by atoms with E-state index in [2.05, 4.69) is 22.3 Å². The summed E-state index contributed by atoms with van der Waals surface area (Å²) in [5.74, 6) is -3.07. The molecule has 2 amide bonds. The van der Waals surface area contributed by atoms with Crippen LogP contribution in [0.25, 0.3) is 16.8 Å². The van der Waals surface area contributed by atoms with Gasteiger partial charge in [-0.2, -0.15) is 5.10 Å². The maximum Gasteiger partial charge on any atom is 0.251 e. The summed E-state index contributed by atoms with van der Waals surface area (Å²) < 4.78 is 29.2. The molecule has 33 heavy (non-hydrogen) atoms. The molecule has 1 spiro atoms. The molecule has 5 rings (SSSR count). The van der Waals surface area contributed by atoms with Crippen LogP contribution in [-0.2, 0) is 10.2 Å². The van der Waals surface area contributed by atoms with E-state index in [1.54, 1.807) is 47.3 Å². The Hall–Kier alpha value is -4.01. The standard InChI is InChI=1S/C24H21F2N5O2/c1-2-20(32)29-15-4-3-5-16(9-15)31-10-18(21(27)30-31)14-6-7-17-19(8-14)23(13-28-22(17)33)11-24(25,26)12-23/h2-10H,1,11-13H2,(H2,27,30)(H,28,33)(H,29,32). The van der Waals surface area contributed by atoms with Crippen molar-refractivity contribution in [2.24, 2.45) is 0 Å². The Morgan fingerprint density at radius 1 is 1.21 bits per heavy atom. The summed E-state index contributed by atoms with van der Waals surface area (Å²) in [5, 5.41) is 9.81. The van der Waals surface area contributed by atoms with E-state index in [0.717, 1.165) is 0 Å². The Balaban J connectivity index is 1.52. The average Bonchev–Trinajstić information content (AvgIpc) is 3.16. The lowest BCUT2D eigenvalue weighted by Gasteiger charge is -2.50. The highest BCUT2D eigenvalue weighted by Crippen LogP contribution is 2.55. The highest BCUT2D eigenvalue weighted by molar-refractivity contribution is 5.99. The van der Waals surface area contributed by atoms with Crippen LogP contribution in [0, 0.1) is 0 Å². The van der Waals surface area contributed by atoms with Gasteiger partial charge in [-0.15, -0.1) is 0 Å². The number of fused-ring (bicyclic) bond motifs is 2. The van der Waals surface area contributed by atoms with Gasteiger partial charge in [0, 0.05) is 47.8 Å². The highest BCUT2D eigenvalue weighted by Gasteiger charge is 2.59. The number of anilines is 2.